The molecule has 0 radical (unpaired) electrons. The molecule has 202 valence electrons. The first kappa shape index (κ1) is 27.8. The van der Waals surface area contributed by atoms with E-state index in [9.17, 15) is 10.1 Å². The number of carbonyl (C=O) groups is 1. The van der Waals surface area contributed by atoms with E-state index in [4.69, 9.17) is 6.42 Å². The third-order valence-electron chi connectivity index (χ3n) is 7.76. The molecule has 2 aliphatic heterocycles. The highest BCUT2D eigenvalue weighted by molar-refractivity contribution is 5.97. The second-order valence-corrected chi connectivity index (χ2v) is 10.4. The number of allylic oxidation sites excluding steroid dienone is 3. The van der Waals surface area contributed by atoms with E-state index in [1.807, 2.05) is 49.2 Å². The number of amides is 1. The number of hydrogen-bond donors (Lipinski definition) is 1. The first-order chi connectivity index (χ1) is 18.9. The maximum Gasteiger partial charge on any atom is 0.254 e. The van der Waals surface area contributed by atoms with Crippen LogP contribution >= 0.6 is 0 Å². The van der Waals surface area contributed by atoms with Crippen LogP contribution < -0.4 is 10.2 Å². The van der Waals surface area contributed by atoms with Gasteiger partial charge in [0, 0.05) is 68.3 Å². The highest BCUT2D eigenvalue weighted by atomic mass is 16.2. The van der Waals surface area contributed by atoms with Gasteiger partial charge in [-0.2, -0.15) is 5.26 Å². The van der Waals surface area contributed by atoms with E-state index < -0.39 is 0 Å². The van der Waals surface area contributed by atoms with E-state index in [0.717, 1.165) is 66.4 Å². The number of nitrogens with zero attached hydrogens (tertiary/aromatic N) is 5. The highest BCUT2D eigenvalue weighted by Crippen LogP contribution is 2.28. The van der Waals surface area contributed by atoms with Crippen molar-refractivity contribution in [3.63, 3.8) is 0 Å². The van der Waals surface area contributed by atoms with Crippen LogP contribution in [0.5, 0.6) is 0 Å². The van der Waals surface area contributed by atoms with E-state index in [1.165, 1.54) is 0 Å². The molecule has 1 aromatic carbocycles. The SMILES string of the molecule is C#C/C=C(\C(C#N)=C/C)N1CCC(Nc2cc(C(=O)N3CCN(c4ccccn4)[C@H](C)C3)c(C)cc2C)CC1. The summed E-state index contributed by atoms with van der Waals surface area (Å²) in [5, 5.41) is 13.2. The molecule has 7 nitrogen and oxygen atoms in total. The van der Waals surface area contributed by atoms with Crippen molar-refractivity contribution in [1.29, 1.82) is 5.26 Å². The van der Waals surface area contributed by atoms with Gasteiger partial charge < -0.3 is 20.0 Å². The summed E-state index contributed by atoms with van der Waals surface area (Å²) in [5.74, 6) is 3.62. The number of anilines is 2. The number of nitrogens with one attached hydrogen (secondary N) is 1. The summed E-state index contributed by atoms with van der Waals surface area (Å²) in [7, 11) is 0. The number of carbonyl (C=O) groups excluding carboxylic acids is 1. The average molecular weight is 523 g/mol. The Hall–Kier alpha value is -4.23. The van der Waals surface area contributed by atoms with Crippen LogP contribution in [0.3, 0.4) is 0 Å². The fourth-order valence-electron chi connectivity index (χ4n) is 5.59. The Labute approximate surface area is 232 Å². The first-order valence-electron chi connectivity index (χ1n) is 13.7. The monoisotopic (exact) mass is 522 g/mol. The zero-order chi connectivity index (χ0) is 27.9. The first-order valence-corrected chi connectivity index (χ1v) is 13.7. The lowest BCUT2D eigenvalue weighted by Crippen LogP contribution is -2.54. The predicted molar refractivity (Wildman–Crippen MR) is 157 cm³/mol. The molecule has 1 aromatic heterocycles. The van der Waals surface area contributed by atoms with Gasteiger partial charge in [0.05, 0.1) is 11.3 Å². The average Bonchev–Trinajstić information content (AvgIpc) is 2.95. The Balaban J connectivity index is 1.42. The van der Waals surface area contributed by atoms with Gasteiger partial charge in [-0.25, -0.2) is 4.98 Å². The van der Waals surface area contributed by atoms with Crippen molar-refractivity contribution < 1.29 is 4.79 Å². The number of hydrogen-bond acceptors (Lipinski definition) is 6. The van der Waals surface area contributed by atoms with Crippen molar-refractivity contribution in [2.24, 2.45) is 0 Å². The summed E-state index contributed by atoms with van der Waals surface area (Å²) < 4.78 is 0. The Morgan fingerprint density at radius 2 is 1.90 bits per heavy atom. The van der Waals surface area contributed by atoms with Crippen LogP contribution in [-0.2, 0) is 0 Å². The smallest absolute Gasteiger partial charge is 0.254 e. The van der Waals surface area contributed by atoms with Gasteiger partial charge in [0.1, 0.15) is 11.9 Å². The molecular formula is C32H38N6O. The largest absolute Gasteiger partial charge is 0.382 e. The number of nitriles is 1. The van der Waals surface area contributed by atoms with Crippen molar-refractivity contribution >= 4 is 17.4 Å². The minimum absolute atomic E-state index is 0.0809. The normalized spacial score (nSPS) is 18.9. The molecule has 2 aromatic rings. The van der Waals surface area contributed by atoms with Crippen molar-refractivity contribution in [2.75, 3.05) is 42.9 Å². The van der Waals surface area contributed by atoms with E-state index in [-0.39, 0.29) is 18.0 Å². The fourth-order valence-corrected chi connectivity index (χ4v) is 5.59. The number of rotatable bonds is 6. The van der Waals surface area contributed by atoms with Gasteiger partial charge in [0.2, 0.25) is 0 Å². The van der Waals surface area contributed by atoms with E-state index in [0.29, 0.717) is 18.7 Å². The second kappa shape index (κ2) is 12.5. The van der Waals surface area contributed by atoms with E-state index in [2.05, 4.69) is 52.0 Å². The number of aryl methyl sites for hydroxylation is 2. The van der Waals surface area contributed by atoms with Gasteiger partial charge >= 0.3 is 0 Å². The fraction of sp³-hybridized carbons (Fsp3) is 0.406. The number of aromatic nitrogens is 1. The summed E-state index contributed by atoms with van der Waals surface area (Å²) >= 11 is 0. The Morgan fingerprint density at radius 1 is 1.13 bits per heavy atom. The molecule has 1 amide bonds. The molecule has 2 aliphatic rings. The van der Waals surface area contributed by atoms with Crippen LogP contribution in [0.4, 0.5) is 11.5 Å². The number of benzene rings is 1. The summed E-state index contributed by atoms with van der Waals surface area (Å²) in [6.07, 6.45) is 12.7. The van der Waals surface area contributed by atoms with Crippen molar-refractivity contribution in [2.45, 2.75) is 52.6 Å². The van der Waals surface area contributed by atoms with Crippen LogP contribution in [0.1, 0.15) is 48.2 Å². The minimum atomic E-state index is 0.0809. The number of piperazine rings is 1. The topological polar surface area (TPSA) is 75.5 Å². The molecule has 4 rings (SSSR count). The number of pyridine rings is 1. The Bertz CT molecular complexity index is 1320. The second-order valence-electron chi connectivity index (χ2n) is 10.4. The number of piperidine rings is 1. The molecule has 3 heterocycles. The quantitative estimate of drug-likeness (QED) is 0.330. The van der Waals surface area contributed by atoms with Gasteiger partial charge in [0.15, 0.2) is 0 Å². The Kier molecular flexibility index (Phi) is 8.94. The minimum Gasteiger partial charge on any atom is -0.382 e. The summed E-state index contributed by atoms with van der Waals surface area (Å²) in [4.78, 5) is 24.6. The number of terminal acetylenes is 1. The predicted octanol–water partition coefficient (Wildman–Crippen LogP) is 4.91. The molecule has 0 unspecified atom stereocenters. The van der Waals surface area contributed by atoms with Gasteiger partial charge in [-0.15, -0.1) is 6.42 Å². The maximum absolute atomic E-state index is 13.7. The van der Waals surface area contributed by atoms with Crippen molar-refractivity contribution in [3.8, 4) is 18.4 Å². The van der Waals surface area contributed by atoms with Crippen molar-refractivity contribution in [3.05, 3.63) is 76.6 Å². The standard InChI is InChI=1S/C32H38N6O/c1-6-10-30(26(7-2)21-33)36-15-12-27(13-16-36)35-29-20-28(23(3)19-24(29)4)32(39)37-17-18-38(25(5)22-37)31-11-8-9-14-34-31/h1,7-11,14,19-20,25,27,35H,12-13,15-18,22H2,2-5H3/b26-7-,30-10+/t25-/m1/s1. The van der Waals surface area contributed by atoms with Gasteiger partial charge in [-0.1, -0.05) is 24.1 Å². The van der Waals surface area contributed by atoms with Crippen molar-refractivity contribution in [1.82, 2.24) is 14.8 Å². The molecule has 0 bridgehead atoms. The molecule has 0 spiro atoms. The molecular weight excluding hydrogens is 484 g/mol. The van der Waals surface area contributed by atoms with Gasteiger partial charge in [0.25, 0.3) is 5.91 Å². The van der Waals surface area contributed by atoms with E-state index in [1.54, 1.807) is 12.2 Å². The molecule has 39 heavy (non-hydrogen) atoms. The molecule has 7 heteroatoms. The molecule has 1 N–H and O–H groups in total. The molecule has 1 atom stereocenters. The zero-order valence-corrected chi connectivity index (χ0v) is 23.4. The number of likely N-dealkylation sites (tertiary alicyclic amines) is 1. The summed E-state index contributed by atoms with van der Waals surface area (Å²) in [6, 6.07) is 12.8. The highest BCUT2D eigenvalue weighted by Gasteiger charge is 2.29. The van der Waals surface area contributed by atoms with Gasteiger partial charge in [-0.3, -0.25) is 4.79 Å². The van der Waals surface area contributed by atoms with E-state index >= 15 is 0 Å². The summed E-state index contributed by atoms with van der Waals surface area (Å²) in [5.41, 5.74) is 5.31. The van der Waals surface area contributed by atoms with Crippen LogP contribution in [0.2, 0.25) is 0 Å². The third kappa shape index (κ3) is 6.26. The van der Waals surface area contributed by atoms with Crippen LogP contribution in [0.15, 0.2) is 60.0 Å². The third-order valence-corrected chi connectivity index (χ3v) is 7.76. The lowest BCUT2D eigenvalue weighted by Gasteiger charge is -2.40. The molecule has 0 saturated carbocycles. The lowest BCUT2D eigenvalue weighted by atomic mass is 9.98. The zero-order valence-electron chi connectivity index (χ0n) is 23.4. The Morgan fingerprint density at radius 3 is 2.51 bits per heavy atom. The van der Waals surface area contributed by atoms with Crippen LogP contribution in [-0.4, -0.2) is 65.5 Å². The van der Waals surface area contributed by atoms with Crippen LogP contribution in [0, 0.1) is 37.5 Å². The molecule has 2 saturated heterocycles. The molecule has 2 fully saturated rings. The van der Waals surface area contributed by atoms with Gasteiger partial charge in [-0.05, 0) is 69.9 Å². The van der Waals surface area contributed by atoms with Crippen LogP contribution in [0.25, 0.3) is 0 Å². The molecule has 0 aliphatic carbocycles. The summed E-state index contributed by atoms with van der Waals surface area (Å²) in [6.45, 7) is 11.8. The maximum atomic E-state index is 13.7. The lowest BCUT2D eigenvalue weighted by molar-refractivity contribution is 0.0725.